The summed E-state index contributed by atoms with van der Waals surface area (Å²) in [5.74, 6) is -0.596. The minimum Gasteiger partial charge on any atom is -0.422 e. The number of anilines is 1. The van der Waals surface area contributed by atoms with Gasteiger partial charge in [-0.2, -0.15) is 4.31 Å². The maximum atomic E-state index is 13.1. The molecule has 1 amide bonds. The first kappa shape index (κ1) is 22.3. The molecule has 34 heavy (non-hydrogen) atoms. The van der Waals surface area contributed by atoms with Crippen LogP contribution >= 0.6 is 11.6 Å². The summed E-state index contributed by atoms with van der Waals surface area (Å²) in [5, 5.41) is 3.83. The molecule has 0 spiro atoms. The van der Waals surface area contributed by atoms with Crippen molar-refractivity contribution in [2.45, 2.75) is 17.9 Å². The second kappa shape index (κ2) is 8.72. The number of carbonyl (C=O) groups is 1. The Morgan fingerprint density at radius 2 is 1.74 bits per heavy atom. The molecule has 0 saturated carbocycles. The molecule has 1 N–H and O–H groups in total. The lowest BCUT2D eigenvalue weighted by Gasteiger charge is -2.28. The van der Waals surface area contributed by atoms with E-state index in [4.69, 9.17) is 16.0 Å². The zero-order valence-corrected chi connectivity index (χ0v) is 19.4. The second-order valence-corrected chi connectivity index (χ2v) is 10.3. The Hall–Kier alpha value is -3.46. The van der Waals surface area contributed by atoms with Crippen molar-refractivity contribution >= 4 is 44.2 Å². The summed E-state index contributed by atoms with van der Waals surface area (Å²) in [5.41, 5.74) is 1.82. The summed E-state index contributed by atoms with van der Waals surface area (Å²) < 4.78 is 32.8. The lowest BCUT2D eigenvalue weighted by atomic mass is 10.0. The molecule has 4 aromatic rings. The first-order valence-electron chi connectivity index (χ1n) is 10.5. The quantitative estimate of drug-likeness (QED) is 0.423. The molecule has 172 valence electrons. The number of rotatable bonds is 4. The number of nitrogens with zero attached hydrogens (tertiary/aromatic N) is 1. The van der Waals surface area contributed by atoms with E-state index in [9.17, 15) is 18.0 Å². The summed E-state index contributed by atoms with van der Waals surface area (Å²) >= 11 is 5.89. The summed E-state index contributed by atoms with van der Waals surface area (Å²) in [4.78, 5) is 25.3. The van der Waals surface area contributed by atoms with Crippen molar-refractivity contribution in [1.82, 2.24) is 4.31 Å². The van der Waals surface area contributed by atoms with E-state index >= 15 is 0 Å². The minimum absolute atomic E-state index is 0.108. The fourth-order valence-electron chi connectivity index (χ4n) is 3.99. The molecule has 5 rings (SSSR count). The van der Waals surface area contributed by atoms with Gasteiger partial charge in [-0.15, -0.1) is 0 Å². The van der Waals surface area contributed by atoms with E-state index in [2.05, 4.69) is 5.32 Å². The van der Waals surface area contributed by atoms with Gasteiger partial charge in [0.2, 0.25) is 10.0 Å². The van der Waals surface area contributed by atoms with E-state index in [0.29, 0.717) is 34.6 Å². The van der Waals surface area contributed by atoms with Crippen LogP contribution in [0.1, 0.15) is 21.5 Å². The first-order chi connectivity index (χ1) is 16.3. The molecular weight excluding hydrogens is 476 g/mol. The zero-order valence-electron chi connectivity index (χ0n) is 17.8. The van der Waals surface area contributed by atoms with Crippen LogP contribution in [0.2, 0.25) is 5.02 Å². The van der Waals surface area contributed by atoms with Crippen LogP contribution in [0.5, 0.6) is 0 Å². The SMILES string of the molecule is O=C(Nc1ccc2c(c1)CN(S(=O)(=O)c1ccc(Cl)cc1)CC2)c1cc2ccccc2oc1=O. The summed E-state index contributed by atoms with van der Waals surface area (Å²) in [6.07, 6.45) is 0.546. The van der Waals surface area contributed by atoms with E-state index in [1.165, 1.54) is 22.5 Å². The molecule has 0 atom stereocenters. The van der Waals surface area contributed by atoms with E-state index in [1.807, 2.05) is 6.07 Å². The Bertz CT molecular complexity index is 1580. The molecule has 0 saturated heterocycles. The predicted molar refractivity (Wildman–Crippen MR) is 130 cm³/mol. The highest BCUT2D eigenvalue weighted by Crippen LogP contribution is 2.28. The summed E-state index contributed by atoms with van der Waals surface area (Å²) in [6.45, 7) is 0.518. The number of benzene rings is 3. The van der Waals surface area contributed by atoms with Crippen LogP contribution in [-0.4, -0.2) is 25.2 Å². The Balaban J connectivity index is 1.39. The summed E-state index contributed by atoms with van der Waals surface area (Å²) in [7, 11) is -3.69. The smallest absolute Gasteiger partial charge is 0.349 e. The van der Waals surface area contributed by atoms with Crippen molar-refractivity contribution in [2.75, 3.05) is 11.9 Å². The van der Waals surface area contributed by atoms with Gasteiger partial charge in [-0.25, -0.2) is 13.2 Å². The van der Waals surface area contributed by atoms with Crippen LogP contribution in [0, 0.1) is 0 Å². The van der Waals surface area contributed by atoms with Gasteiger partial charge in [0.1, 0.15) is 11.1 Å². The topological polar surface area (TPSA) is 96.7 Å². The van der Waals surface area contributed by atoms with Gasteiger partial charge >= 0.3 is 5.63 Å². The molecule has 0 fully saturated rings. The third-order valence-electron chi connectivity index (χ3n) is 5.78. The highest BCUT2D eigenvalue weighted by atomic mass is 35.5. The Kier molecular flexibility index (Phi) is 5.73. The highest BCUT2D eigenvalue weighted by molar-refractivity contribution is 7.89. The molecule has 1 aliphatic heterocycles. The standard InChI is InChI=1S/C25H19ClN2O5S/c26-19-6-9-21(10-7-19)34(31,32)28-12-11-16-5-8-20(13-18(16)15-28)27-24(29)22-14-17-3-1-2-4-23(17)33-25(22)30/h1-10,13-14H,11-12,15H2,(H,27,29). The number of hydrogen-bond donors (Lipinski definition) is 1. The molecule has 7 nitrogen and oxygen atoms in total. The fraction of sp³-hybridized carbons (Fsp3) is 0.120. The van der Waals surface area contributed by atoms with Gasteiger partial charge in [-0.1, -0.05) is 35.9 Å². The highest BCUT2D eigenvalue weighted by Gasteiger charge is 2.28. The monoisotopic (exact) mass is 494 g/mol. The normalized spacial score (nSPS) is 14.0. The van der Waals surface area contributed by atoms with Crippen LogP contribution in [0.4, 0.5) is 5.69 Å². The number of nitrogens with one attached hydrogen (secondary N) is 1. The van der Waals surface area contributed by atoms with Crippen LogP contribution in [0.25, 0.3) is 11.0 Å². The first-order valence-corrected chi connectivity index (χ1v) is 12.3. The van der Waals surface area contributed by atoms with Crippen molar-refractivity contribution in [3.8, 4) is 0 Å². The predicted octanol–water partition coefficient (Wildman–Crippen LogP) is 4.45. The van der Waals surface area contributed by atoms with Gasteiger partial charge in [0.25, 0.3) is 5.91 Å². The van der Waals surface area contributed by atoms with Crippen molar-refractivity contribution in [2.24, 2.45) is 0 Å². The van der Waals surface area contributed by atoms with Gasteiger partial charge in [0, 0.05) is 29.2 Å². The largest absolute Gasteiger partial charge is 0.422 e. The molecule has 3 aromatic carbocycles. The van der Waals surface area contributed by atoms with Crippen molar-refractivity contribution < 1.29 is 17.6 Å². The van der Waals surface area contributed by atoms with Crippen LogP contribution in [0.3, 0.4) is 0 Å². The van der Waals surface area contributed by atoms with E-state index < -0.39 is 21.6 Å². The summed E-state index contributed by atoms with van der Waals surface area (Å²) in [6, 6.07) is 19.8. The Morgan fingerprint density at radius 3 is 2.53 bits per heavy atom. The average molecular weight is 495 g/mol. The molecule has 0 bridgehead atoms. The number of amides is 1. The number of carbonyl (C=O) groups excluding carboxylic acids is 1. The fourth-order valence-corrected chi connectivity index (χ4v) is 5.53. The molecule has 0 aliphatic carbocycles. The zero-order chi connectivity index (χ0) is 23.9. The lowest BCUT2D eigenvalue weighted by Crippen LogP contribution is -2.36. The van der Waals surface area contributed by atoms with Crippen molar-refractivity contribution in [3.63, 3.8) is 0 Å². The Morgan fingerprint density at radius 1 is 0.971 bits per heavy atom. The van der Waals surface area contributed by atoms with Gasteiger partial charge in [-0.3, -0.25) is 4.79 Å². The molecule has 0 radical (unpaired) electrons. The number of hydrogen-bond acceptors (Lipinski definition) is 5. The van der Waals surface area contributed by atoms with Gasteiger partial charge in [-0.05, 0) is 66.1 Å². The number of halogens is 1. The number of fused-ring (bicyclic) bond motifs is 2. The lowest BCUT2D eigenvalue weighted by molar-refractivity contribution is 0.102. The number of para-hydroxylation sites is 1. The van der Waals surface area contributed by atoms with Crippen molar-refractivity contribution in [3.05, 3.63) is 105 Å². The Labute approximate surface area is 200 Å². The molecular formula is C25H19ClN2O5S. The van der Waals surface area contributed by atoms with E-state index in [1.54, 1.807) is 48.5 Å². The molecule has 2 heterocycles. The average Bonchev–Trinajstić information content (AvgIpc) is 2.83. The maximum absolute atomic E-state index is 13.1. The number of sulfonamides is 1. The third kappa shape index (κ3) is 4.23. The minimum atomic E-state index is -3.69. The molecule has 0 unspecified atom stereocenters. The molecule has 1 aliphatic rings. The third-order valence-corrected chi connectivity index (χ3v) is 7.89. The van der Waals surface area contributed by atoms with E-state index in [0.717, 1.165) is 11.1 Å². The van der Waals surface area contributed by atoms with Crippen LogP contribution in [0.15, 0.2) is 86.9 Å². The van der Waals surface area contributed by atoms with Crippen LogP contribution < -0.4 is 10.9 Å². The van der Waals surface area contributed by atoms with Crippen molar-refractivity contribution in [1.29, 1.82) is 0 Å². The van der Waals surface area contributed by atoms with E-state index in [-0.39, 0.29) is 17.0 Å². The van der Waals surface area contributed by atoms with Gasteiger partial charge in [0.05, 0.1) is 4.90 Å². The van der Waals surface area contributed by atoms with Gasteiger partial charge in [0.15, 0.2) is 0 Å². The molecule has 9 heteroatoms. The van der Waals surface area contributed by atoms with Crippen LogP contribution in [-0.2, 0) is 23.0 Å². The maximum Gasteiger partial charge on any atom is 0.349 e. The second-order valence-electron chi connectivity index (χ2n) is 7.97. The molecule has 1 aromatic heterocycles. The van der Waals surface area contributed by atoms with Gasteiger partial charge < -0.3 is 9.73 Å².